The van der Waals surface area contributed by atoms with Crippen molar-refractivity contribution in [1.29, 1.82) is 0 Å². The Labute approximate surface area is 114 Å². The predicted molar refractivity (Wildman–Crippen MR) is 71.9 cm³/mol. The number of hydrogen-bond acceptors (Lipinski definition) is 1. The fraction of sp³-hybridized carbons (Fsp3) is 0.0714. The molecule has 2 rings (SSSR count). The zero-order valence-corrected chi connectivity index (χ0v) is 11.0. The summed E-state index contributed by atoms with van der Waals surface area (Å²) in [6.07, 6.45) is 0. The van der Waals surface area contributed by atoms with E-state index < -0.39 is 5.82 Å². The van der Waals surface area contributed by atoms with Crippen molar-refractivity contribution in [2.75, 3.05) is 0 Å². The average molecular weight is 283 g/mol. The Morgan fingerprint density at radius 2 is 1.83 bits per heavy atom. The van der Waals surface area contributed by atoms with Gasteiger partial charge in [0.1, 0.15) is 5.82 Å². The number of Topliss-reactive ketones (excluding diaryl/α,β-unsaturated/α-hetero) is 1. The van der Waals surface area contributed by atoms with Crippen LogP contribution in [0, 0.1) is 5.82 Å². The molecule has 2 aromatic carbocycles. The van der Waals surface area contributed by atoms with Crippen LogP contribution in [0.5, 0.6) is 0 Å². The highest BCUT2D eigenvalue weighted by molar-refractivity contribution is 6.43. The largest absolute Gasteiger partial charge is 0.294 e. The predicted octanol–water partition coefficient (Wildman–Crippen LogP) is 5.00. The van der Waals surface area contributed by atoms with E-state index in [0.29, 0.717) is 26.7 Å². The Morgan fingerprint density at radius 3 is 2.50 bits per heavy atom. The van der Waals surface area contributed by atoms with Crippen molar-refractivity contribution >= 4 is 29.0 Å². The summed E-state index contributed by atoms with van der Waals surface area (Å²) in [5.41, 5.74) is 1.42. The summed E-state index contributed by atoms with van der Waals surface area (Å²) >= 11 is 12.0. The second kappa shape index (κ2) is 5.09. The molecule has 4 heteroatoms. The Morgan fingerprint density at radius 1 is 1.11 bits per heavy atom. The van der Waals surface area contributed by atoms with E-state index in [0.717, 1.165) is 0 Å². The molecule has 0 saturated carbocycles. The van der Waals surface area contributed by atoms with Gasteiger partial charge in [0, 0.05) is 11.1 Å². The first kappa shape index (κ1) is 13.1. The minimum absolute atomic E-state index is 0.152. The van der Waals surface area contributed by atoms with Crippen LogP contribution < -0.4 is 0 Å². The second-order valence-electron chi connectivity index (χ2n) is 3.85. The summed E-state index contributed by atoms with van der Waals surface area (Å²) in [7, 11) is 0. The summed E-state index contributed by atoms with van der Waals surface area (Å²) in [6, 6.07) is 9.03. The molecule has 0 unspecified atom stereocenters. The molecule has 0 fully saturated rings. The van der Waals surface area contributed by atoms with E-state index >= 15 is 0 Å². The van der Waals surface area contributed by atoms with E-state index in [4.69, 9.17) is 23.2 Å². The molecule has 0 aliphatic carbocycles. The van der Waals surface area contributed by atoms with Crippen LogP contribution in [0.3, 0.4) is 0 Å². The molecular formula is C14H9Cl2FO. The van der Waals surface area contributed by atoms with Gasteiger partial charge in [-0.3, -0.25) is 4.79 Å². The van der Waals surface area contributed by atoms with Crippen LogP contribution in [0.2, 0.25) is 10.0 Å². The van der Waals surface area contributed by atoms with Gasteiger partial charge < -0.3 is 0 Å². The topological polar surface area (TPSA) is 17.1 Å². The van der Waals surface area contributed by atoms with E-state index in [1.165, 1.54) is 25.1 Å². The molecular weight excluding hydrogens is 274 g/mol. The first-order chi connectivity index (χ1) is 8.50. The van der Waals surface area contributed by atoms with Gasteiger partial charge in [0.15, 0.2) is 5.78 Å². The molecule has 0 aromatic heterocycles. The number of benzene rings is 2. The van der Waals surface area contributed by atoms with Crippen molar-refractivity contribution in [2.45, 2.75) is 6.92 Å². The average Bonchev–Trinajstić information content (AvgIpc) is 2.32. The summed E-state index contributed by atoms with van der Waals surface area (Å²) in [5.74, 6) is -0.577. The zero-order valence-electron chi connectivity index (χ0n) is 9.51. The number of halogens is 3. The highest BCUT2D eigenvalue weighted by Gasteiger charge is 2.14. The SMILES string of the molecule is CC(=O)c1ccc(F)cc1-c1cccc(Cl)c1Cl. The van der Waals surface area contributed by atoms with Gasteiger partial charge in [-0.15, -0.1) is 0 Å². The number of ketones is 1. The maximum atomic E-state index is 13.3. The Hall–Kier alpha value is -1.38. The van der Waals surface area contributed by atoms with Crippen LogP contribution in [-0.2, 0) is 0 Å². The van der Waals surface area contributed by atoms with Crippen molar-refractivity contribution in [3.8, 4) is 11.1 Å². The van der Waals surface area contributed by atoms with E-state index in [-0.39, 0.29) is 5.78 Å². The fourth-order valence-corrected chi connectivity index (χ4v) is 2.16. The van der Waals surface area contributed by atoms with Crippen molar-refractivity contribution in [3.63, 3.8) is 0 Å². The highest BCUT2D eigenvalue weighted by Crippen LogP contribution is 2.35. The molecule has 2 aromatic rings. The number of carbonyl (C=O) groups is 1. The molecule has 0 amide bonds. The maximum Gasteiger partial charge on any atom is 0.160 e. The van der Waals surface area contributed by atoms with Gasteiger partial charge in [-0.05, 0) is 36.8 Å². The summed E-state index contributed by atoms with van der Waals surface area (Å²) in [5, 5.41) is 0.681. The summed E-state index contributed by atoms with van der Waals surface area (Å²) in [4.78, 5) is 11.5. The van der Waals surface area contributed by atoms with Gasteiger partial charge >= 0.3 is 0 Å². The summed E-state index contributed by atoms with van der Waals surface area (Å²) in [6.45, 7) is 1.43. The third kappa shape index (κ3) is 2.40. The van der Waals surface area contributed by atoms with Gasteiger partial charge in [0.05, 0.1) is 10.0 Å². The molecule has 0 saturated heterocycles. The number of carbonyl (C=O) groups excluding carboxylic acids is 1. The van der Waals surface area contributed by atoms with Crippen molar-refractivity contribution in [2.24, 2.45) is 0 Å². The van der Waals surface area contributed by atoms with Crippen LogP contribution in [0.1, 0.15) is 17.3 Å². The lowest BCUT2D eigenvalue weighted by Gasteiger charge is -2.10. The Balaban J connectivity index is 2.73. The monoisotopic (exact) mass is 282 g/mol. The van der Waals surface area contributed by atoms with Crippen molar-refractivity contribution in [1.82, 2.24) is 0 Å². The summed E-state index contributed by atoms with van der Waals surface area (Å²) < 4.78 is 13.3. The normalized spacial score (nSPS) is 10.4. The van der Waals surface area contributed by atoms with Gasteiger partial charge in [0.2, 0.25) is 0 Å². The smallest absolute Gasteiger partial charge is 0.160 e. The van der Waals surface area contributed by atoms with Crippen LogP contribution >= 0.6 is 23.2 Å². The van der Waals surface area contributed by atoms with E-state index in [2.05, 4.69) is 0 Å². The van der Waals surface area contributed by atoms with Crippen LogP contribution in [0.15, 0.2) is 36.4 Å². The van der Waals surface area contributed by atoms with Crippen molar-refractivity contribution in [3.05, 3.63) is 57.8 Å². The maximum absolute atomic E-state index is 13.3. The molecule has 1 nitrogen and oxygen atoms in total. The molecule has 0 aliphatic rings. The Kier molecular flexibility index (Phi) is 3.69. The first-order valence-electron chi connectivity index (χ1n) is 5.25. The lowest BCUT2D eigenvalue weighted by molar-refractivity contribution is 0.101. The first-order valence-corrected chi connectivity index (χ1v) is 6.01. The third-order valence-corrected chi connectivity index (χ3v) is 3.42. The molecule has 0 N–H and O–H groups in total. The molecule has 0 atom stereocenters. The van der Waals surface area contributed by atoms with Gasteiger partial charge in [-0.1, -0.05) is 35.3 Å². The van der Waals surface area contributed by atoms with Crippen LogP contribution in [0.25, 0.3) is 11.1 Å². The number of hydrogen-bond donors (Lipinski definition) is 0. The minimum Gasteiger partial charge on any atom is -0.294 e. The van der Waals surface area contributed by atoms with Gasteiger partial charge in [-0.25, -0.2) is 4.39 Å². The zero-order chi connectivity index (χ0) is 13.3. The third-order valence-electron chi connectivity index (χ3n) is 2.60. The number of rotatable bonds is 2. The van der Waals surface area contributed by atoms with Crippen LogP contribution in [-0.4, -0.2) is 5.78 Å². The van der Waals surface area contributed by atoms with E-state index in [1.807, 2.05) is 0 Å². The van der Waals surface area contributed by atoms with Crippen molar-refractivity contribution < 1.29 is 9.18 Å². The lowest BCUT2D eigenvalue weighted by Crippen LogP contribution is -1.97. The molecule has 0 bridgehead atoms. The van der Waals surface area contributed by atoms with Crippen LogP contribution in [0.4, 0.5) is 4.39 Å². The quantitative estimate of drug-likeness (QED) is 0.709. The fourth-order valence-electron chi connectivity index (χ4n) is 1.76. The molecule has 18 heavy (non-hydrogen) atoms. The second-order valence-corrected chi connectivity index (χ2v) is 4.63. The standard InChI is InChI=1S/C14H9Cl2FO/c1-8(18)10-6-5-9(17)7-12(10)11-3-2-4-13(15)14(11)16/h2-7H,1H3. The van der Waals surface area contributed by atoms with Gasteiger partial charge in [-0.2, -0.15) is 0 Å². The van der Waals surface area contributed by atoms with E-state index in [1.54, 1.807) is 18.2 Å². The molecule has 0 heterocycles. The minimum atomic E-state index is -0.425. The molecule has 0 radical (unpaired) electrons. The lowest BCUT2D eigenvalue weighted by atomic mass is 9.97. The Bertz CT molecular complexity index is 623. The highest BCUT2D eigenvalue weighted by atomic mass is 35.5. The molecule has 0 aliphatic heterocycles. The molecule has 0 spiro atoms. The molecule has 92 valence electrons. The van der Waals surface area contributed by atoms with Gasteiger partial charge in [0.25, 0.3) is 0 Å². The van der Waals surface area contributed by atoms with E-state index in [9.17, 15) is 9.18 Å².